The number of nitrogens with two attached hydrogens (primary N) is 1. The standard InChI is InChI=1S/C9H8F4N4/c10-7-2-5(8(14)4-16-17-15)1-6(3-7)9(11,12)13/h1-3,8H,4,14H2. The van der Waals surface area contributed by atoms with E-state index in [1.165, 1.54) is 0 Å². The third kappa shape index (κ3) is 3.61. The van der Waals surface area contributed by atoms with Gasteiger partial charge in [0.25, 0.3) is 0 Å². The molecule has 1 aromatic rings. The second kappa shape index (κ2) is 5.03. The summed E-state index contributed by atoms with van der Waals surface area (Å²) in [6.07, 6.45) is -4.64. The van der Waals surface area contributed by atoms with Crippen LogP contribution in [0.2, 0.25) is 0 Å². The molecule has 4 nitrogen and oxygen atoms in total. The normalized spacial score (nSPS) is 13.0. The molecule has 0 aliphatic carbocycles. The molecule has 8 heteroatoms. The van der Waals surface area contributed by atoms with Crippen LogP contribution in [0.25, 0.3) is 10.4 Å². The molecular weight excluding hydrogens is 240 g/mol. The number of rotatable bonds is 3. The average Bonchev–Trinajstić information content (AvgIpc) is 2.23. The van der Waals surface area contributed by atoms with Gasteiger partial charge in [0.2, 0.25) is 0 Å². The molecule has 0 fully saturated rings. The quantitative estimate of drug-likeness (QED) is 0.379. The molecule has 0 saturated heterocycles. The Morgan fingerprint density at radius 3 is 2.53 bits per heavy atom. The fourth-order valence-electron chi connectivity index (χ4n) is 1.22. The second-order valence-electron chi connectivity index (χ2n) is 3.29. The first-order valence-corrected chi connectivity index (χ1v) is 4.48. The van der Waals surface area contributed by atoms with E-state index in [1.807, 2.05) is 0 Å². The molecule has 0 radical (unpaired) electrons. The number of nitrogens with zero attached hydrogens (tertiary/aromatic N) is 3. The van der Waals surface area contributed by atoms with Crippen LogP contribution >= 0.6 is 0 Å². The Morgan fingerprint density at radius 1 is 1.35 bits per heavy atom. The van der Waals surface area contributed by atoms with Crippen LogP contribution < -0.4 is 5.73 Å². The van der Waals surface area contributed by atoms with Crippen molar-refractivity contribution < 1.29 is 17.6 Å². The molecule has 0 aliphatic rings. The molecule has 0 amide bonds. The lowest BCUT2D eigenvalue weighted by Crippen LogP contribution is -2.15. The van der Waals surface area contributed by atoms with Crippen molar-refractivity contribution in [2.45, 2.75) is 12.2 Å². The van der Waals surface area contributed by atoms with Gasteiger partial charge in [-0.1, -0.05) is 5.11 Å². The average molecular weight is 248 g/mol. The third-order valence-electron chi connectivity index (χ3n) is 2.02. The van der Waals surface area contributed by atoms with Gasteiger partial charge in [-0.25, -0.2) is 4.39 Å². The largest absolute Gasteiger partial charge is 0.416 e. The van der Waals surface area contributed by atoms with Crippen LogP contribution in [0.1, 0.15) is 17.2 Å². The number of hydrogen-bond donors (Lipinski definition) is 1. The van der Waals surface area contributed by atoms with E-state index in [0.29, 0.717) is 6.07 Å². The second-order valence-corrected chi connectivity index (χ2v) is 3.29. The Balaban J connectivity index is 3.09. The molecule has 1 rings (SSSR count). The smallest absolute Gasteiger partial charge is 0.324 e. The third-order valence-corrected chi connectivity index (χ3v) is 2.02. The van der Waals surface area contributed by atoms with Crippen molar-refractivity contribution in [1.82, 2.24) is 0 Å². The molecule has 0 aromatic heterocycles. The Bertz CT molecular complexity index is 451. The molecule has 0 spiro atoms. The maximum absolute atomic E-state index is 13.0. The van der Waals surface area contributed by atoms with E-state index < -0.39 is 23.6 Å². The summed E-state index contributed by atoms with van der Waals surface area (Å²) in [5, 5.41) is 3.12. The first kappa shape index (κ1) is 13.3. The summed E-state index contributed by atoms with van der Waals surface area (Å²) < 4.78 is 50.1. The first-order valence-electron chi connectivity index (χ1n) is 4.48. The maximum Gasteiger partial charge on any atom is 0.416 e. The minimum Gasteiger partial charge on any atom is -0.324 e. The van der Waals surface area contributed by atoms with Gasteiger partial charge >= 0.3 is 6.18 Å². The van der Waals surface area contributed by atoms with Gasteiger partial charge < -0.3 is 5.73 Å². The molecule has 0 aliphatic heterocycles. The van der Waals surface area contributed by atoms with Crippen LogP contribution in [0.5, 0.6) is 0 Å². The van der Waals surface area contributed by atoms with E-state index in [1.54, 1.807) is 0 Å². The monoisotopic (exact) mass is 248 g/mol. The van der Waals surface area contributed by atoms with E-state index >= 15 is 0 Å². The van der Waals surface area contributed by atoms with Gasteiger partial charge in [-0.2, -0.15) is 13.2 Å². The van der Waals surface area contributed by atoms with Gasteiger partial charge in [-0.15, -0.1) is 0 Å². The van der Waals surface area contributed by atoms with Crippen molar-refractivity contribution in [3.63, 3.8) is 0 Å². The zero-order valence-corrected chi connectivity index (χ0v) is 8.45. The lowest BCUT2D eigenvalue weighted by Gasteiger charge is -2.13. The number of hydrogen-bond acceptors (Lipinski definition) is 2. The van der Waals surface area contributed by atoms with E-state index in [0.717, 1.165) is 12.1 Å². The molecule has 0 heterocycles. The van der Waals surface area contributed by atoms with Gasteiger partial charge in [-0.3, -0.25) is 0 Å². The molecule has 17 heavy (non-hydrogen) atoms. The summed E-state index contributed by atoms with van der Waals surface area (Å²) in [4.78, 5) is 2.42. The number of benzene rings is 1. The number of halogens is 4. The Hall–Kier alpha value is -1.79. The summed E-state index contributed by atoms with van der Waals surface area (Å²) in [6, 6.07) is 1.03. The van der Waals surface area contributed by atoms with Gasteiger partial charge in [-0.05, 0) is 29.3 Å². The Morgan fingerprint density at radius 2 is 2.00 bits per heavy atom. The van der Waals surface area contributed by atoms with Crippen LogP contribution in [0.4, 0.5) is 17.6 Å². The van der Waals surface area contributed by atoms with Crippen molar-refractivity contribution in [2.24, 2.45) is 10.8 Å². The van der Waals surface area contributed by atoms with Gasteiger partial charge in [0.15, 0.2) is 0 Å². The highest BCUT2D eigenvalue weighted by molar-refractivity contribution is 5.29. The van der Waals surface area contributed by atoms with Crippen molar-refractivity contribution in [3.8, 4) is 0 Å². The fraction of sp³-hybridized carbons (Fsp3) is 0.333. The summed E-state index contributed by atoms with van der Waals surface area (Å²) in [7, 11) is 0. The zero-order valence-electron chi connectivity index (χ0n) is 8.45. The molecule has 92 valence electrons. The molecule has 1 aromatic carbocycles. The number of azide groups is 1. The molecule has 1 unspecified atom stereocenters. The summed E-state index contributed by atoms with van der Waals surface area (Å²) >= 11 is 0. The highest BCUT2D eigenvalue weighted by Gasteiger charge is 2.31. The lowest BCUT2D eigenvalue weighted by atomic mass is 10.0. The number of alkyl halides is 3. The minimum atomic E-state index is -4.64. The topological polar surface area (TPSA) is 74.8 Å². The van der Waals surface area contributed by atoms with E-state index in [4.69, 9.17) is 11.3 Å². The van der Waals surface area contributed by atoms with Crippen LogP contribution in [0.3, 0.4) is 0 Å². The molecule has 2 N–H and O–H groups in total. The van der Waals surface area contributed by atoms with E-state index in [9.17, 15) is 17.6 Å². The lowest BCUT2D eigenvalue weighted by molar-refractivity contribution is -0.137. The fourth-order valence-corrected chi connectivity index (χ4v) is 1.22. The van der Waals surface area contributed by atoms with Crippen molar-refractivity contribution >= 4 is 0 Å². The van der Waals surface area contributed by atoms with Crippen molar-refractivity contribution in [3.05, 3.63) is 45.6 Å². The van der Waals surface area contributed by atoms with Crippen LogP contribution in [0.15, 0.2) is 23.3 Å². The predicted octanol–water partition coefficient (Wildman–Crippen LogP) is 3.15. The van der Waals surface area contributed by atoms with Gasteiger partial charge in [0.1, 0.15) is 5.82 Å². The Labute approximate surface area is 93.7 Å². The van der Waals surface area contributed by atoms with Crippen LogP contribution in [-0.2, 0) is 6.18 Å². The Kier molecular flexibility index (Phi) is 3.93. The molecular formula is C9H8F4N4. The zero-order chi connectivity index (χ0) is 13.1. The molecule has 1 atom stereocenters. The highest BCUT2D eigenvalue weighted by atomic mass is 19.4. The minimum absolute atomic E-state index is 0.0651. The maximum atomic E-state index is 13.0. The van der Waals surface area contributed by atoms with Gasteiger partial charge in [0, 0.05) is 17.5 Å². The SMILES string of the molecule is [N-]=[N+]=NCC(N)c1cc(F)cc(C(F)(F)F)c1. The van der Waals surface area contributed by atoms with E-state index in [-0.39, 0.29) is 12.1 Å². The van der Waals surface area contributed by atoms with E-state index in [2.05, 4.69) is 10.0 Å². The van der Waals surface area contributed by atoms with Gasteiger partial charge in [0.05, 0.1) is 5.56 Å². The molecule has 0 bridgehead atoms. The summed E-state index contributed by atoms with van der Waals surface area (Å²) in [6.45, 7) is -0.239. The predicted molar refractivity (Wildman–Crippen MR) is 52.3 cm³/mol. The van der Waals surface area contributed by atoms with Crippen molar-refractivity contribution in [1.29, 1.82) is 0 Å². The van der Waals surface area contributed by atoms with Crippen LogP contribution in [0, 0.1) is 5.82 Å². The summed E-state index contributed by atoms with van der Waals surface area (Å²) in [5.74, 6) is -1.04. The first-order chi connectivity index (χ1) is 7.84. The highest BCUT2D eigenvalue weighted by Crippen LogP contribution is 2.31. The van der Waals surface area contributed by atoms with Crippen LogP contribution in [-0.4, -0.2) is 6.54 Å². The molecule has 0 saturated carbocycles. The van der Waals surface area contributed by atoms with Crippen molar-refractivity contribution in [2.75, 3.05) is 6.54 Å². The summed E-state index contributed by atoms with van der Waals surface area (Å²) in [5.41, 5.74) is 12.3.